The van der Waals surface area contributed by atoms with Crippen molar-refractivity contribution >= 4 is 31.2 Å². The standard InChI is InChI=1S/C44H49N5O7Si/c1-43(2,3)57(6,7)56-38-35(55-42(37(38)50)49-28-47-36-39(45-27-46-40(36)49)48-41(51)29-14-10-8-11-15-29)26-54-44(30-16-12-9-13-17-30,31-18-22-33(52-4)23-19-31)32-20-24-34(53-5)25-21-32/h8-25,27-28,35,37-38,42,50H,26H2,1-7H3,(H,45,46,48,51)/t35-,37?,38?,42-/m1/s1. The Labute approximate surface area is 333 Å². The molecule has 1 saturated heterocycles. The van der Waals surface area contributed by atoms with E-state index >= 15 is 0 Å². The Morgan fingerprint density at radius 3 is 1.93 bits per heavy atom. The summed E-state index contributed by atoms with van der Waals surface area (Å²) in [5.41, 5.74) is 2.68. The van der Waals surface area contributed by atoms with E-state index in [9.17, 15) is 9.90 Å². The number of aliphatic hydroxyl groups excluding tert-OH is 1. The summed E-state index contributed by atoms with van der Waals surface area (Å²) in [7, 11) is 0.784. The average molecular weight is 788 g/mol. The highest BCUT2D eigenvalue weighted by Crippen LogP contribution is 2.45. The van der Waals surface area contributed by atoms with Gasteiger partial charge < -0.3 is 33.8 Å². The molecule has 1 aliphatic heterocycles. The van der Waals surface area contributed by atoms with E-state index in [4.69, 9.17) is 23.4 Å². The van der Waals surface area contributed by atoms with Crippen molar-refractivity contribution in [3.05, 3.63) is 144 Å². The van der Waals surface area contributed by atoms with Crippen LogP contribution in [0.2, 0.25) is 18.1 Å². The third-order valence-electron chi connectivity index (χ3n) is 11.1. The van der Waals surface area contributed by atoms with Crippen molar-refractivity contribution in [3.63, 3.8) is 0 Å². The summed E-state index contributed by atoms with van der Waals surface area (Å²) in [5.74, 6) is 1.32. The lowest BCUT2D eigenvalue weighted by Gasteiger charge is -2.41. The molecule has 0 saturated carbocycles. The molecule has 57 heavy (non-hydrogen) atoms. The Morgan fingerprint density at radius 1 is 0.807 bits per heavy atom. The van der Waals surface area contributed by atoms with Crippen LogP contribution in [-0.4, -0.2) is 78.0 Å². The van der Waals surface area contributed by atoms with Gasteiger partial charge in [0.15, 0.2) is 31.5 Å². The van der Waals surface area contributed by atoms with Crippen LogP contribution >= 0.6 is 0 Å². The van der Waals surface area contributed by atoms with Crippen molar-refractivity contribution in [1.82, 2.24) is 19.5 Å². The third kappa shape index (κ3) is 7.81. The van der Waals surface area contributed by atoms with Gasteiger partial charge in [0.05, 0.1) is 27.2 Å². The van der Waals surface area contributed by atoms with Gasteiger partial charge in [-0.3, -0.25) is 9.36 Å². The van der Waals surface area contributed by atoms with E-state index in [0.29, 0.717) is 28.2 Å². The summed E-state index contributed by atoms with van der Waals surface area (Å²) in [4.78, 5) is 26.5. The zero-order valence-corrected chi connectivity index (χ0v) is 34.2. The third-order valence-corrected chi connectivity index (χ3v) is 15.6. The second-order valence-electron chi connectivity index (χ2n) is 15.6. The fourth-order valence-electron chi connectivity index (χ4n) is 6.93. The Morgan fingerprint density at radius 2 is 1.37 bits per heavy atom. The summed E-state index contributed by atoms with van der Waals surface area (Å²) < 4.78 is 33.9. The van der Waals surface area contributed by atoms with Crippen LogP contribution in [-0.2, 0) is 19.5 Å². The van der Waals surface area contributed by atoms with Gasteiger partial charge in [-0.1, -0.05) is 93.6 Å². The molecule has 0 spiro atoms. The quantitative estimate of drug-likeness (QED) is 0.0883. The lowest BCUT2D eigenvalue weighted by atomic mass is 9.80. The number of fused-ring (bicyclic) bond motifs is 1. The molecule has 4 aromatic carbocycles. The first-order chi connectivity index (χ1) is 27.4. The zero-order valence-electron chi connectivity index (χ0n) is 33.2. The number of hydrogen-bond donors (Lipinski definition) is 2. The van der Waals surface area contributed by atoms with Crippen molar-refractivity contribution in [2.24, 2.45) is 0 Å². The van der Waals surface area contributed by atoms with Crippen molar-refractivity contribution in [1.29, 1.82) is 0 Å². The summed E-state index contributed by atoms with van der Waals surface area (Å²) >= 11 is 0. The van der Waals surface area contributed by atoms with Gasteiger partial charge in [0.2, 0.25) is 0 Å². The smallest absolute Gasteiger partial charge is 0.256 e. The fraction of sp³-hybridized carbons (Fsp3) is 0.318. The lowest BCUT2D eigenvalue weighted by molar-refractivity contribution is -0.0930. The molecule has 296 valence electrons. The highest BCUT2D eigenvalue weighted by molar-refractivity contribution is 6.74. The first-order valence-corrected chi connectivity index (χ1v) is 21.8. The number of anilines is 1. The van der Waals surface area contributed by atoms with Gasteiger partial charge in [-0.2, -0.15) is 0 Å². The number of aliphatic hydroxyl groups is 1. The maximum Gasteiger partial charge on any atom is 0.256 e. The Kier molecular flexibility index (Phi) is 11.3. The van der Waals surface area contributed by atoms with E-state index in [0.717, 1.165) is 16.7 Å². The Bertz CT molecular complexity index is 2230. The largest absolute Gasteiger partial charge is 0.497 e. The molecule has 0 radical (unpaired) electrons. The lowest BCUT2D eigenvalue weighted by Crippen LogP contribution is -2.50. The zero-order chi connectivity index (χ0) is 40.4. The first kappa shape index (κ1) is 39.8. The van der Waals surface area contributed by atoms with Crippen molar-refractivity contribution < 1.29 is 33.3 Å². The molecule has 2 N–H and O–H groups in total. The van der Waals surface area contributed by atoms with E-state index in [2.05, 4.69) is 54.1 Å². The number of carbonyl (C=O) groups is 1. The van der Waals surface area contributed by atoms with Crippen molar-refractivity contribution in [2.45, 2.75) is 69.0 Å². The molecule has 1 fully saturated rings. The number of imidazole rings is 1. The second kappa shape index (κ2) is 16.2. The van der Waals surface area contributed by atoms with E-state index in [1.165, 1.54) is 6.33 Å². The molecule has 1 aliphatic rings. The predicted octanol–water partition coefficient (Wildman–Crippen LogP) is 7.75. The number of amides is 1. The Hall–Kier alpha value is -5.44. The molecule has 7 rings (SSSR count). The molecule has 2 unspecified atom stereocenters. The summed E-state index contributed by atoms with van der Waals surface area (Å²) in [6.07, 6.45) is -0.733. The highest BCUT2D eigenvalue weighted by atomic mass is 28.4. The molecule has 0 bridgehead atoms. The van der Waals surface area contributed by atoms with E-state index in [1.54, 1.807) is 49.4 Å². The summed E-state index contributed by atoms with van der Waals surface area (Å²) in [6, 6.07) is 34.5. The van der Waals surface area contributed by atoms with Crippen LogP contribution in [0.1, 0.15) is 54.0 Å². The number of methoxy groups -OCH3 is 2. The maximum absolute atomic E-state index is 13.1. The molecule has 3 heterocycles. The van der Waals surface area contributed by atoms with Gasteiger partial charge in [-0.15, -0.1) is 0 Å². The molecule has 0 aliphatic carbocycles. The number of aromatic nitrogens is 4. The average Bonchev–Trinajstić information content (AvgIpc) is 3.79. The summed E-state index contributed by atoms with van der Waals surface area (Å²) in [6.45, 7) is 10.8. The van der Waals surface area contributed by atoms with Gasteiger partial charge in [0.25, 0.3) is 5.91 Å². The van der Waals surface area contributed by atoms with E-state index < -0.39 is 38.5 Å². The van der Waals surface area contributed by atoms with Crippen LogP contribution in [0.25, 0.3) is 11.2 Å². The van der Waals surface area contributed by atoms with Gasteiger partial charge in [-0.05, 0) is 71.2 Å². The number of benzene rings is 4. The minimum atomic E-state index is -2.49. The molecular weight excluding hydrogens is 739 g/mol. The predicted molar refractivity (Wildman–Crippen MR) is 220 cm³/mol. The normalized spacial score (nSPS) is 18.7. The van der Waals surface area contributed by atoms with Crippen LogP contribution in [0.15, 0.2) is 122 Å². The maximum atomic E-state index is 13.1. The fourth-order valence-corrected chi connectivity index (χ4v) is 8.25. The van der Waals surface area contributed by atoms with E-state index in [1.807, 2.05) is 84.9 Å². The first-order valence-electron chi connectivity index (χ1n) is 18.9. The molecule has 1 amide bonds. The monoisotopic (exact) mass is 787 g/mol. The van der Waals surface area contributed by atoms with Crippen molar-refractivity contribution in [2.75, 3.05) is 26.1 Å². The van der Waals surface area contributed by atoms with Crippen LogP contribution in [0.4, 0.5) is 5.82 Å². The molecule has 2 aromatic heterocycles. The number of hydrogen-bond acceptors (Lipinski definition) is 10. The highest BCUT2D eigenvalue weighted by Gasteiger charge is 2.52. The van der Waals surface area contributed by atoms with Gasteiger partial charge in [0.1, 0.15) is 41.7 Å². The van der Waals surface area contributed by atoms with Crippen LogP contribution < -0.4 is 14.8 Å². The SMILES string of the molecule is COc1ccc(C(OC[C@H]2O[C@@H](n3cnc4c(NC(=O)c5ccccc5)ncnc43)C(O)C2O[Si](C)(C)C(C)(C)C)(c2ccccc2)c2ccc(OC)cc2)cc1. The number of nitrogens with one attached hydrogen (secondary N) is 1. The van der Waals surface area contributed by atoms with Crippen LogP contribution in [0, 0.1) is 0 Å². The minimum Gasteiger partial charge on any atom is -0.497 e. The van der Waals surface area contributed by atoms with Crippen LogP contribution in [0.3, 0.4) is 0 Å². The van der Waals surface area contributed by atoms with Crippen molar-refractivity contribution in [3.8, 4) is 11.5 Å². The number of nitrogens with zero attached hydrogens (tertiary/aromatic N) is 4. The van der Waals surface area contributed by atoms with E-state index in [-0.39, 0.29) is 23.4 Å². The number of ether oxygens (including phenoxy) is 4. The number of carbonyl (C=O) groups excluding carboxylic acids is 1. The Balaban J connectivity index is 1.28. The van der Waals surface area contributed by atoms with Gasteiger partial charge in [0, 0.05) is 5.56 Å². The molecule has 4 atom stereocenters. The van der Waals surface area contributed by atoms with Gasteiger partial charge in [-0.25, -0.2) is 15.0 Å². The molecule has 13 heteroatoms. The second-order valence-corrected chi connectivity index (χ2v) is 20.3. The minimum absolute atomic E-state index is 0.0276. The molecule has 12 nitrogen and oxygen atoms in total. The topological polar surface area (TPSA) is 139 Å². The summed E-state index contributed by atoms with van der Waals surface area (Å²) in [5, 5.41) is 15.0. The molecular formula is C44H49N5O7Si. The number of rotatable bonds is 13. The van der Waals surface area contributed by atoms with Crippen LogP contribution in [0.5, 0.6) is 11.5 Å². The molecule has 6 aromatic rings. The van der Waals surface area contributed by atoms with Gasteiger partial charge >= 0.3 is 0 Å².